The molecule has 2 fully saturated rings. The van der Waals surface area contributed by atoms with Crippen molar-refractivity contribution in [2.45, 2.75) is 25.8 Å². The van der Waals surface area contributed by atoms with Crippen molar-refractivity contribution in [2.75, 3.05) is 44.7 Å². The van der Waals surface area contributed by atoms with E-state index in [0.29, 0.717) is 26.2 Å². The van der Waals surface area contributed by atoms with Crippen molar-refractivity contribution in [3.05, 3.63) is 44.0 Å². The number of aromatic nitrogens is 1. The summed E-state index contributed by atoms with van der Waals surface area (Å²) < 4.78 is 22.4. The average molecular weight is 418 g/mol. The summed E-state index contributed by atoms with van der Waals surface area (Å²) in [7, 11) is 1.93. The molecule has 1 aliphatic heterocycles. The van der Waals surface area contributed by atoms with Crippen molar-refractivity contribution >= 4 is 28.2 Å². The molecule has 0 spiro atoms. The maximum atomic E-state index is 15.8. The van der Waals surface area contributed by atoms with Gasteiger partial charge in [-0.3, -0.25) is 14.9 Å². The Kier molecular flexibility index (Phi) is 5.19. The standard InChI is InChI=1S/C20H23FN4O5/c1-3-30-20(27)14-11-24(12-4-5-12)17-13(19(14)26)10-15(25(28)29)18(16(17)21)23-8-6-22(2)7-9-23/h10-12H,3-9H2,1-2H3. The number of esters is 1. The van der Waals surface area contributed by atoms with Crippen molar-refractivity contribution in [3.63, 3.8) is 0 Å². The van der Waals surface area contributed by atoms with Gasteiger partial charge >= 0.3 is 5.97 Å². The minimum absolute atomic E-state index is 0.00933. The van der Waals surface area contributed by atoms with Gasteiger partial charge in [-0.15, -0.1) is 0 Å². The van der Waals surface area contributed by atoms with Crippen LogP contribution in [-0.4, -0.2) is 60.2 Å². The second-order valence-electron chi connectivity index (χ2n) is 7.73. The van der Waals surface area contributed by atoms with Crippen LogP contribution < -0.4 is 10.3 Å². The van der Waals surface area contributed by atoms with Crippen LogP contribution >= 0.6 is 0 Å². The highest BCUT2D eigenvalue weighted by Gasteiger charge is 2.34. The molecule has 2 aromatic rings. The van der Waals surface area contributed by atoms with E-state index in [9.17, 15) is 19.7 Å². The predicted octanol–water partition coefficient (Wildman–Crippen LogP) is 2.31. The third-order valence-electron chi connectivity index (χ3n) is 5.66. The number of likely N-dealkylation sites (N-methyl/N-ethyl adjacent to an activating group) is 1. The third-order valence-corrected chi connectivity index (χ3v) is 5.66. The van der Waals surface area contributed by atoms with Crippen LogP contribution in [0.3, 0.4) is 0 Å². The monoisotopic (exact) mass is 418 g/mol. The summed E-state index contributed by atoms with van der Waals surface area (Å²) in [5, 5.41) is 11.6. The van der Waals surface area contributed by atoms with E-state index in [1.807, 2.05) is 7.05 Å². The van der Waals surface area contributed by atoms with Gasteiger partial charge in [-0.05, 0) is 26.8 Å². The summed E-state index contributed by atoms with van der Waals surface area (Å²) in [6.45, 7) is 3.86. The number of carbonyl (C=O) groups is 1. The Bertz CT molecular complexity index is 1090. The quantitative estimate of drug-likeness (QED) is 0.417. The first-order valence-electron chi connectivity index (χ1n) is 9.99. The largest absolute Gasteiger partial charge is 0.462 e. The van der Waals surface area contributed by atoms with Gasteiger partial charge in [0.25, 0.3) is 5.69 Å². The highest BCUT2D eigenvalue weighted by atomic mass is 19.1. The van der Waals surface area contributed by atoms with Gasteiger partial charge in [-0.1, -0.05) is 0 Å². The Labute approximate surface area is 171 Å². The van der Waals surface area contributed by atoms with E-state index in [1.165, 1.54) is 6.20 Å². The van der Waals surface area contributed by atoms with Crippen molar-refractivity contribution in [1.29, 1.82) is 0 Å². The zero-order chi connectivity index (χ0) is 21.6. The molecule has 0 bridgehead atoms. The molecule has 10 heteroatoms. The number of anilines is 1. The number of carbonyl (C=O) groups excluding carboxylic acids is 1. The zero-order valence-corrected chi connectivity index (χ0v) is 16.9. The molecule has 2 heterocycles. The number of piperazine rings is 1. The van der Waals surface area contributed by atoms with E-state index in [4.69, 9.17) is 4.74 Å². The molecule has 0 atom stereocenters. The van der Waals surface area contributed by atoms with Crippen LogP contribution in [0.25, 0.3) is 10.9 Å². The molecule has 0 amide bonds. The highest BCUT2D eigenvalue weighted by Crippen LogP contribution is 2.41. The van der Waals surface area contributed by atoms with E-state index in [1.54, 1.807) is 16.4 Å². The van der Waals surface area contributed by atoms with E-state index < -0.39 is 27.8 Å². The molecule has 1 aromatic carbocycles. The van der Waals surface area contributed by atoms with Crippen LogP contribution in [0, 0.1) is 15.9 Å². The summed E-state index contributed by atoms with van der Waals surface area (Å²) in [6, 6.07) is 1.05. The summed E-state index contributed by atoms with van der Waals surface area (Å²) in [5.41, 5.74) is -1.55. The fourth-order valence-corrected chi connectivity index (χ4v) is 3.91. The molecule has 9 nitrogen and oxygen atoms in total. The minimum atomic E-state index is -0.815. The first-order valence-corrected chi connectivity index (χ1v) is 9.99. The molecular formula is C20H23FN4O5. The van der Waals surface area contributed by atoms with Gasteiger partial charge in [-0.25, -0.2) is 9.18 Å². The molecule has 1 saturated heterocycles. The number of rotatable bonds is 5. The summed E-state index contributed by atoms with van der Waals surface area (Å²) in [4.78, 5) is 40.1. The van der Waals surface area contributed by atoms with Gasteiger partial charge in [0, 0.05) is 44.5 Å². The summed E-state index contributed by atoms with van der Waals surface area (Å²) in [5.74, 6) is -1.60. The Morgan fingerprint density at radius 3 is 2.53 bits per heavy atom. The van der Waals surface area contributed by atoms with Crippen LogP contribution in [0.1, 0.15) is 36.2 Å². The number of nitro groups is 1. The first kappa shape index (κ1) is 20.3. The lowest BCUT2D eigenvalue weighted by Crippen LogP contribution is -2.45. The van der Waals surface area contributed by atoms with Crippen LogP contribution in [-0.2, 0) is 4.74 Å². The molecule has 1 aromatic heterocycles. The minimum Gasteiger partial charge on any atom is -0.462 e. The SMILES string of the molecule is CCOC(=O)c1cn(C2CC2)c2c(F)c(N3CCN(C)CC3)c([N+](=O)[O-])cc2c1=O. The third kappa shape index (κ3) is 3.41. The molecule has 0 unspecified atom stereocenters. The highest BCUT2D eigenvalue weighted by molar-refractivity contribution is 5.96. The first-order chi connectivity index (χ1) is 14.3. The van der Waals surface area contributed by atoms with Crippen LogP contribution in [0.4, 0.5) is 15.8 Å². The van der Waals surface area contributed by atoms with E-state index in [-0.39, 0.29) is 34.8 Å². The lowest BCUT2D eigenvalue weighted by Gasteiger charge is -2.34. The molecule has 0 radical (unpaired) electrons. The van der Waals surface area contributed by atoms with Crippen LogP contribution in [0.15, 0.2) is 17.1 Å². The second kappa shape index (κ2) is 7.67. The Hall–Kier alpha value is -3.01. The Morgan fingerprint density at radius 2 is 1.97 bits per heavy atom. The van der Waals surface area contributed by atoms with E-state index in [2.05, 4.69) is 4.90 Å². The van der Waals surface area contributed by atoms with Gasteiger partial charge < -0.3 is 19.1 Å². The van der Waals surface area contributed by atoms with Crippen molar-refractivity contribution < 1.29 is 18.8 Å². The number of halogens is 1. The average Bonchev–Trinajstić information content (AvgIpc) is 3.54. The molecule has 160 valence electrons. The number of hydrogen-bond donors (Lipinski definition) is 0. The number of benzene rings is 1. The van der Waals surface area contributed by atoms with Gasteiger partial charge in [-0.2, -0.15) is 0 Å². The number of nitro benzene ring substituents is 1. The molecule has 30 heavy (non-hydrogen) atoms. The van der Waals surface area contributed by atoms with Gasteiger partial charge in [0.05, 0.1) is 22.4 Å². The molecule has 1 saturated carbocycles. The predicted molar refractivity (Wildman–Crippen MR) is 109 cm³/mol. The molecular weight excluding hydrogens is 395 g/mol. The van der Waals surface area contributed by atoms with Crippen LogP contribution in [0.5, 0.6) is 0 Å². The summed E-state index contributed by atoms with van der Waals surface area (Å²) >= 11 is 0. The fourth-order valence-electron chi connectivity index (χ4n) is 3.91. The number of fused-ring (bicyclic) bond motifs is 1. The lowest BCUT2D eigenvalue weighted by molar-refractivity contribution is -0.384. The lowest BCUT2D eigenvalue weighted by atomic mass is 10.1. The Balaban J connectivity index is 2.00. The van der Waals surface area contributed by atoms with Crippen molar-refractivity contribution in [3.8, 4) is 0 Å². The second-order valence-corrected chi connectivity index (χ2v) is 7.73. The maximum Gasteiger partial charge on any atom is 0.343 e. The number of pyridine rings is 1. The normalized spacial score (nSPS) is 17.4. The Morgan fingerprint density at radius 1 is 1.30 bits per heavy atom. The topological polar surface area (TPSA) is 97.9 Å². The van der Waals surface area contributed by atoms with Crippen molar-refractivity contribution in [2.24, 2.45) is 0 Å². The number of nitrogens with zero attached hydrogens (tertiary/aromatic N) is 4. The molecule has 0 N–H and O–H groups in total. The number of ether oxygens (including phenoxy) is 1. The van der Waals surface area contributed by atoms with Gasteiger partial charge in [0.2, 0.25) is 5.43 Å². The molecule has 2 aliphatic rings. The smallest absolute Gasteiger partial charge is 0.343 e. The number of hydrogen-bond acceptors (Lipinski definition) is 7. The van der Waals surface area contributed by atoms with E-state index >= 15 is 4.39 Å². The van der Waals surface area contributed by atoms with Crippen molar-refractivity contribution in [1.82, 2.24) is 9.47 Å². The van der Waals surface area contributed by atoms with E-state index in [0.717, 1.165) is 18.9 Å². The molecule has 1 aliphatic carbocycles. The van der Waals surface area contributed by atoms with Gasteiger partial charge in [0.1, 0.15) is 5.56 Å². The maximum absolute atomic E-state index is 15.8. The summed E-state index contributed by atoms with van der Waals surface area (Å²) in [6.07, 6.45) is 2.89. The fraction of sp³-hybridized carbons (Fsp3) is 0.500. The van der Waals surface area contributed by atoms with Gasteiger partial charge in [0.15, 0.2) is 11.5 Å². The molecule has 4 rings (SSSR count). The zero-order valence-electron chi connectivity index (χ0n) is 16.9. The van der Waals surface area contributed by atoms with Crippen LogP contribution in [0.2, 0.25) is 0 Å².